The van der Waals surface area contributed by atoms with Gasteiger partial charge in [-0.2, -0.15) is 0 Å². The maximum absolute atomic E-state index is 11.1. The third kappa shape index (κ3) is 2.28. The molecule has 0 aliphatic carbocycles. The van der Waals surface area contributed by atoms with Crippen molar-refractivity contribution in [3.8, 4) is 5.75 Å². The van der Waals surface area contributed by atoms with E-state index in [4.69, 9.17) is 10.5 Å². The lowest BCUT2D eigenvalue weighted by Crippen LogP contribution is -2.37. The summed E-state index contributed by atoms with van der Waals surface area (Å²) in [5.74, 6) is 0.343. The first kappa shape index (κ1) is 11.2. The monoisotopic (exact) mass is 231 g/mol. The largest absolute Gasteiger partial charge is 0.496 e. The summed E-state index contributed by atoms with van der Waals surface area (Å²) in [6.07, 6.45) is 1.88. The molecule has 88 valence electrons. The van der Waals surface area contributed by atoms with Gasteiger partial charge >= 0.3 is 0 Å². The van der Waals surface area contributed by atoms with Crippen molar-refractivity contribution in [2.75, 3.05) is 13.7 Å². The second kappa shape index (κ2) is 4.69. The molecule has 3 N–H and O–H groups in total. The molecular formula is C12H13N3O2. The number of carbonyl (C=O) groups is 1. The van der Waals surface area contributed by atoms with E-state index in [0.717, 1.165) is 17.0 Å². The Labute approximate surface area is 99.0 Å². The molecule has 0 saturated carbocycles. The van der Waals surface area contributed by atoms with Crippen LogP contribution in [0.15, 0.2) is 35.3 Å². The predicted molar refractivity (Wildman–Crippen MR) is 65.6 cm³/mol. The molecule has 5 nitrogen and oxygen atoms in total. The number of primary amides is 1. The van der Waals surface area contributed by atoms with Crippen molar-refractivity contribution in [1.29, 1.82) is 0 Å². The lowest BCUT2D eigenvalue weighted by molar-refractivity contribution is -0.112. The Hall–Kier alpha value is -2.30. The molecule has 1 aromatic carbocycles. The number of carbonyl (C=O) groups excluding carboxylic acids is 1. The minimum absolute atomic E-state index is 0.174. The normalized spacial score (nSPS) is 14.4. The number of rotatable bonds is 3. The number of nitrogens with two attached hydrogens (primary N) is 1. The molecule has 5 heteroatoms. The Morgan fingerprint density at radius 3 is 2.94 bits per heavy atom. The summed E-state index contributed by atoms with van der Waals surface area (Å²) in [5.41, 5.74) is 6.85. The summed E-state index contributed by atoms with van der Waals surface area (Å²) < 4.78 is 5.26. The van der Waals surface area contributed by atoms with Gasteiger partial charge in [-0.15, -0.1) is 0 Å². The van der Waals surface area contributed by atoms with Crippen LogP contribution in [0.4, 0.5) is 0 Å². The minimum atomic E-state index is -0.564. The second-order valence-corrected chi connectivity index (χ2v) is 3.50. The lowest BCUT2D eigenvalue weighted by atomic mass is 10.1. The summed E-state index contributed by atoms with van der Waals surface area (Å²) in [6, 6.07) is 7.54. The van der Waals surface area contributed by atoms with Gasteiger partial charge in [0.05, 0.1) is 13.7 Å². The van der Waals surface area contributed by atoms with E-state index in [0.29, 0.717) is 6.54 Å². The summed E-state index contributed by atoms with van der Waals surface area (Å²) in [6.45, 7) is 0.429. The van der Waals surface area contributed by atoms with Gasteiger partial charge in [0.1, 0.15) is 5.75 Å². The number of hydrogen-bond acceptors (Lipinski definition) is 4. The Balaban J connectivity index is 2.30. The molecule has 1 aromatic rings. The van der Waals surface area contributed by atoms with Crippen LogP contribution >= 0.6 is 0 Å². The zero-order valence-electron chi connectivity index (χ0n) is 9.43. The van der Waals surface area contributed by atoms with Gasteiger partial charge in [0.2, 0.25) is 0 Å². The lowest BCUT2D eigenvalue weighted by Gasteiger charge is -2.17. The number of amides is 1. The van der Waals surface area contributed by atoms with Crippen LogP contribution in [0.3, 0.4) is 0 Å². The molecule has 0 aromatic heterocycles. The maximum Gasteiger partial charge on any atom is 0.284 e. The molecule has 0 unspecified atom stereocenters. The predicted octanol–water partition coefficient (Wildman–Crippen LogP) is 0.523. The van der Waals surface area contributed by atoms with E-state index in [1.807, 2.05) is 30.3 Å². The topological polar surface area (TPSA) is 76.7 Å². The van der Waals surface area contributed by atoms with Gasteiger partial charge in [0.25, 0.3) is 5.91 Å². The highest BCUT2D eigenvalue weighted by Crippen LogP contribution is 2.24. The summed E-state index contributed by atoms with van der Waals surface area (Å²) in [4.78, 5) is 15.0. The molecule has 2 rings (SSSR count). The van der Waals surface area contributed by atoms with Crippen molar-refractivity contribution in [3.05, 3.63) is 35.9 Å². The molecule has 0 spiro atoms. The number of ether oxygens (including phenoxy) is 1. The zero-order valence-corrected chi connectivity index (χ0v) is 9.43. The van der Waals surface area contributed by atoms with E-state index >= 15 is 0 Å². The first-order valence-electron chi connectivity index (χ1n) is 5.17. The van der Waals surface area contributed by atoms with Crippen LogP contribution in [0.2, 0.25) is 0 Å². The first-order chi connectivity index (χ1) is 8.22. The first-order valence-corrected chi connectivity index (χ1v) is 5.17. The molecule has 0 fully saturated rings. The number of nitrogens with zero attached hydrogens (tertiary/aromatic N) is 1. The van der Waals surface area contributed by atoms with Gasteiger partial charge in [-0.05, 0) is 18.2 Å². The smallest absolute Gasteiger partial charge is 0.284 e. The minimum Gasteiger partial charge on any atom is -0.496 e. The highest BCUT2D eigenvalue weighted by Gasteiger charge is 2.15. The van der Waals surface area contributed by atoms with E-state index in [-0.39, 0.29) is 5.84 Å². The van der Waals surface area contributed by atoms with Gasteiger partial charge in [-0.3, -0.25) is 9.79 Å². The number of hydrogen-bond donors (Lipinski definition) is 2. The number of benzene rings is 1. The van der Waals surface area contributed by atoms with E-state index in [9.17, 15) is 4.79 Å². The number of amidine groups is 1. The second-order valence-electron chi connectivity index (χ2n) is 3.50. The molecular weight excluding hydrogens is 218 g/mol. The average Bonchev–Trinajstić information content (AvgIpc) is 2.39. The fourth-order valence-corrected chi connectivity index (χ4v) is 1.63. The zero-order chi connectivity index (χ0) is 12.3. The Morgan fingerprint density at radius 2 is 2.24 bits per heavy atom. The maximum atomic E-state index is 11.1. The highest BCUT2D eigenvalue weighted by molar-refractivity contribution is 6.38. The fraction of sp³-hybridized carbons (Fsp3) is 0.167. The summed E-state index contributed by atoms with van der Waals surface area (Å²) in [5, 5.41) is 2.90. The van der Waals surface area contributed by atoms with Crippen molar-refractivity contribution in [3.63, 3.8) is 0 Å². The number of aliphatic imine (C=N–C) groups is 1. The molecule has 1 amide bonds. The third-order valence-electron chi connectivity index (χ3n) is 2.43. The van der Waals surface area contributed by atoms with Crippen LogP contribution in [-0.4, -0.2) is 25.4 Å². The van der Waals surface area contributed by atoms with Crippen LogP contribution in [0.25, 0.3) is 5.70 Å². The van der Waals surface area contributed by atoms with Gasteiger partial charge in [-0.1, -0.05) is 12.1 Å². The van der Waals surface area contributed by atoms with E-state index in [1.54, 1.807) is 7.11 Å². The van der Waals surface area contributed by atoms with Crippen molar-refractivity contribution in [1.82, 2.24) is 5.32 Å². The fourth-order valence-electron chi connectivity index (χ4n) is 1.63. The Morgan fingerprint density at radius 1 is 1.47 bits per heavy atom. The Kier molecular flexibility index (Phi) is 3.09. The number of para-hydroxylation sites is 1. The number of methoxy groups -OCH3 is 1. The van der Waals surface area contributed by atoms with Crippen molar-refractivity contribution < 1.29 is 9.53 Å². The van der Waals surface area contributed by atoms with Crippen LogP contribution in [0, 0.1) is 0 Å². The molecule has 1 aliphatic heterocycles. The quantitative estimate of drug-likeness (QED) is 0.796. The van der Waals surface area contributed by atoms with Crippen LogP contribution in [0.5, 0.6) is 5.75 Å². The molecule has 1 heterocycles. The molecule has 0 saturated heterocycles. The molecule has 1 aliphatic rings. The Bertz CT molecular complexity index is 506. The van der Waals surface area contributed by atoms with Gasteiger partial charge in [0.15, 0.2) is 5.84 Å². The number of nitrogens with one attached hydrogen (secondary N) is 1. The van der Waals surface area contributed by atoms with E-state index in [2.05, 4.69) is 10.3 Å². The van der Waals surface area contributed by atoms with E-state index < -0.39 is 5.91 Å². The summed E-state index contributed by atoms with van der Waals surface area (Å²) >= 11 is 0. The third-order valence-corrected chi connectivity index (χ3v) is 2.43. The van der Waals surface area contributed by atoms with Gasteiger partial charge < -0.3 is 15.8 Å². The molecule has 0 radical (unpaired) electrons. The van der Waals surface area contributed by atoms with Crippen LogP contribution in [-0.2, 0) is 4.79 Å². The van der Waals surface area contributed by atoms with Gasteiger partial charge in [0, 0.05) is 11.3 Å². The van der Waals surface area contributed by atoms with Crippen molar-refractivity contribution in [2.45, 2.75) is 0 Å². The highest BCUT2D eigenvalue weighted by atomic mass is 16.5. The van der Waals surface area contributed by atoms with Gasteiger partial charge in [-0.25, -0.2) is 0 Å². The standard InChI is InChI=1S/C12H13N3O2/c1-17-10-5-3-2-4-8(10)9-6-7-14-12(15-9)11(13)16/h2-6H,7H2,1H3,(H2,13,16)(H,14,15). The summed E-state index contributed by atoms with van der Waals surface area (Å²) in [7, 11) is 1.60. The van der Waals surface area contributed by atoms with E-state index in [1.165, 1.54) is 0 Å². The molecule has 17 heavy (non-hydrogen) atoms. The van der Waals surface area contributed by atoms with Crippen molar-refractivity contribution in [2.24, 2.45) is 10.7 Å². The molecule has 0 bridgehead atoms. The average molecular weight is 231 g/mol. The SMILES string of the molecule is COc1ccccc1C1=CCN=C(C(N)=O)N1. The molecule has 0 atom stereocenters. The van der Waals surface area contributed by atoms with Crippen LogP contribution in [0.1, 0.15) is 5.56 Å². The van der Waals surface area contributed by atoms with Crippen LogP contribution < -0.4 is 15.8 Å². The van der Waals surface area contributed by atoms with Crippen molar-refractivity contribution >= 4 is 17.4 Å².